The van der Waals surface area contributed by atoms with Crippen LogP contribution in [0.15, 0.2) is 0 Å². The molecule has 1 aromatic heterocycles. The Morgan fingerprint density at radius 2 is 2.14 bits per heavy atom. The topological polar surface area (TPSA) is 64.7 Å². The van der Waals surface area contributed by atoms with Crippen molar-refractivity contribution in [2.24, 2.45) is 0 Å². The van der Waals surface area contributed by atoms with E-state index < -0.39 is 0 Å². The average molecular weight is 231 g/mol. The van der Waals surface area contributed by atoms with Gasteiger partial charge in [-0.15, -0.1) is 0 Å². The summed E-state index contributed by atoms with van der Waals surface area (Å²) in [5.74, 6) is 2.10. The van der Waals surface area contributed by atoms with Crippen molar-refractivity contribution in [1.82, 2.24) is 15.0 Å². The minimum atomic E-state index is 0.193. The van der Waals surface area contributed by atoms with Crippen molar-refractivity contribution in [3.05, 3.63) is 11.1 Å². The van der Waals surface area contributed by atoms with Gasteiger partial charge in [0.1, 0.15) is 5.82 Å². The van der Waals surface area contributed by atoms with Crippen molar-refractivity contribution < 1.29 is 0 Å². The van der Waals surface area contributed by atoms with Crippen LogP contribution in [-0.2, 0) is 0 Å². The Balaban J connectivity index is 2.21. The molecule has 0 bridgehead atoms. The molecule has 0 aromatic carbocycles. The third kappa shape index (κ3) is 2.27. The van der Waals surface area contributed by atoms with Crippen LogP contribution in [0, 0.1) is 0 Å². The summed E-state index contributed by atoms with van der Waals surface area (Å²) in [6.45, 7) is 0. The summed E-state index contributed by atoms with van der Waals surface area (Å²) in [5.41, 5.74) is 5.51. The third-order valence-electron chi connectivity index (χ3n) is 2.11. The Hall–Kier alpha value is -0.550. The second kappa shape index (κ2) is 4.31. The molecule has 1 fully saturated rings. The zero-order chi connectivity index (χ0) is 9.97. The van der Waals surface area contributed by atoms with Crippen LogP contribution in [0.1, 0.15) is 30.3 Å². The lowest BCUT2D eigenvalue weighted by molar-refractivity contribution is 0.660. The van der Waals surface area contributed by atoms with E-state index in [4.69, 9.17) is 17.3 Å². The molecule has 1 aliphatic rings. The summed E-state index contributed by atoms with van der Waals surface area (Å²) in [6, 6.07) is 0. The number of nitrogen functional groups attached to an aromatic ring is 1. The fourth-order valence-corrected chi connectivity index (χ4v) is 2.89. The maximum Gasteiger partial charge on any atom is 0.227 e. The molecule has 1 unspecified atom stereocenters. The molecule has 0 aliphatic carbocycles. The summed E-state index contributed by atoms with van der Waals surface area (Å²) < 4.78 is 0. The molecule has 76 valence electrons. The summed E-state index contributed by atoms with van der Waals surface area (Å²) in [7, 11) is 0. The molecule has 2 N–H and O–H groups in total. The van der Waals surface area contributed by atoms with E-state index in [1.165, 1.54) is 12.8 Å². The van der Waals surface area contributed by atoms with Gasteiger partial charge in [-0.2, -0.15) is 21.7 Å². The summed E-state index contributed by atoms with van der Waals surface area (Å²) >= 11 is 7.58. The first kappa shape index (κ1) is 9.98. The van der Waals surface area contributed by atoms with Gasteiger partial charge in [0.2, 0.25) is 11.2 Å². The molecule has 0 radical (unpaired) electrons. The first-order chi connectivity index (χ1) is 6.75. The Bertz CT molecular complexity index is 307. The van der Waals surface area contributed by atoms with E-state index in [-0.39, 0.29) is 11.2 Å². The zero-order valence-corrected chi connectivity index (χ0v) is 9.18. The predicted molar refractivity (Wildman–Crippen MR) is 58.3 cm³/mol. The molecule has 1 aromatic rings. The van der Waals surface area contributed by atoms with Crippen molar-refractivity contribution in [2.75, 3.05) is 11.5 Å². The SMILES string of the molecule is Nc1nc(Cl)nc(C2CCCCS2)n1. The maximum atomic E-state index is 5.72. The molecule has 6 heteroatoms. The predicted octanol–water partition coefficient (Wildman–Crippen LogP) is 2.07. The Labute approximate surface area is 91.7 Å². The quantitative estimate of drug-likeness (QED) is 0.800. The van der Waals surface area contributed by atoms with Crippen molar-refractivity contribution in [3.8, 4) is 0 Å². The number of anilines is 1. The van der Waals surface area contributed by atoms with E-state index in [0.29, 0.717) is 5.25 Å². The van der Waals surface area contributed by atoms with Gasteiger partial charge in [0, 0.05) is 0 Å². The molecule has 1 aliphatic heterocycles. The largest absolute Gasteiger partial charge is 0.368 e. The second-order valence-corrected chi connectivity index (χ2v) is 4.82. The van der Waals surface area contributed by atoms with Crippen LogP contribution in [-0.4, -0.2) is 20.7 Å². The summed E-state index contributed by atoms with van der Waals surface area (Å²) in [6.07, 6.45) is 3.60. The van der Waals surface area contributed by atoms with E-state index in [0.717, 1.165) is 18.0 Å². The van der Waals surface area contributed by atoms with Gasteiger partial charge < -0.3 is 5.73 Å². The summed E-state index contributed by atoms with van der Waals surface area (Å²) in [5, 5.41) is 0.533. The normalized spacial score (nSPS) is 22.2. The molecule has 4 nitrogen and oxygen atoms in total. The number of aromatic nitrogens is 3. The molecular weight excluding hydrogens is 220 g/mol. The number of halogens is 1. The lowest BCUT2D eigenvalue weighted by Crippen LogP contribution is -2.09. The summed E-state index contributed by atoms with van der Waals surface area (Å²) in [4.78, 5) is 11.9. The van der Waals surface area contributed by atoms with Crippen molar-refractivity contribution in [3.63, 3.8) is 0 Å². The maximum absolute atomic E-state index is 5.72. The van der Waals surface area contributed by atoms with Crippen LogP contribution in [0.5, 0.6) is 0 Å². The first-order valence-corrected chi connectivity index (χ1v) is 5.97. The standard InChI is InChI=1S/C8H11ClN4S/c9-7-11-6(12-8(10)13-7)5-3-1-2-4-14-5/h5H,1-4H2,(H2,10,11,12,13). The molecule has 1 saturated heterocycles. The van der Waals surface area contributed by atoms with Gasteiger partial charge in [0.05, 0.1) is 5.25 Å². The first-order valence-electron chi connectivity index (χ1n) is 4.54. The van der Waals surface area contributed by atoms with Gasteiger partial charge in [-0.25, -0.2) is 4.98 Å². The minimum absolute atomic E-state index is 0.193. The number of hydrogen-bond donors (Lipinski definition) is 1. The van der Waals surface area contributed by atoms with Crippen LogP contribution in [0.25, 0.3) is 0 Å². The molecular formula is C8H11ClN4S. The smallest absolute Gasteiger partial charge is 0.227 e. The molecule has 2 rings (SSSR count). The van der Waals surface area contributed by atoms with Crippen molar-refractivity contribution in [2.45, 2.75) is 24.5 Å². The Morgan fingerprint density at radius 1 is 1.29 bits per heavy atom. The average Bonchev–Trinajstić information content (AvgIpc) is 2.18. The third-order valence-corrected chi connectivity index (χ3v) is 3.65. The van der Waals surface area contributed by atoms with E-state index >= 15 is 0 Å². The number of nitrogens with two attached hydrogens (primary N) is 1. The second-order valence-electron chi connectivity index (χ2n) is 3.18. The van der Waals surface area contributed by atoms with E-state index in [2.05, 4.69) is 15.0 Å². The molecule has 0 spiro atoms. The van der Waals surface area contributed by atoms with Crippen LogP contribution >= 0.6 is 23.4 Å². The van der Waals surface area contributed by atoms with E-state index in [1.807, 2.05) is 11.8 Å². The highest BCUT2D eigenvalue weighted by Crippen LogP contribution is 2.36. The molecule has 14 heavy (non-hydrogen) atoms. The van der Waals surface area contributed by atoms with Gasteiger partial charge in [-0.1, -0.05) is 6.42 Å². The molecule has 0 amide bonds. The van der Waals surface area contributed by atoms with Gasteiger partial charge in [0.25, 0.3) is 0 Å². The number of hydrogen-bond acceptors (Lipinski definition) is 5. The fourth-order valence-electron chi connectivity index (χ4n) is 1.47. The Morgan fingerprint density at radius 3 is 2.79 bits per heavy atom. The fraction of sp³-hybridized carbons (Fsp3) is 0.625. The van der Waals surface area contributed by atoms with Gasteiger partial charge >= 0.3 is 0 Å². The number of rotatable bonds is 1. The van der Waals surface area contributed by atoms with E-state index in [1.54, 1.807) is 0 Å². The van der Waals surface area contributed by atoms with Crippen molar-refractivity contribution >= 4 is 29.3 Å². The highest BCUT2D eigenvalue weighted by molar-refractivity contribution is 7.99. The van der Waals surface area contributed by atoms with Gasteiger partial charge in [-0.05, 0) is 30.2 Å². The van der Waals surface area contributed by atoms with Gasteiger partial charge in [-0.3, -0.25) is 0 Å². The van der Waals surface area contributed by atoms with E-state index in [9.17, 15) is 0 Å². The van der Waals surface area contributed by atoms with Crippen LogP contribution in [0.4, 0.5) is 5.95 Å². The van der Waals surface area contributed by atoms with Crippen LogP contribution in [0.2, 0.25) is 5.28 Å². The van der Waals surface area contributed by atoms with Gasteiger partial charge in [0.15, 0.2) is 0 Å². The van der Waals surface area contributed by atoms with Crippen LogP contribution < -0.4 is 5.73 Å². The Kier molecular flexibility index (Phi) is 3.08. The zero-order valence-electron chi connectivity index (χ0n) is 7.61. The lowest BCUT2D eigenvalue weighted by atomic mass is 10.2. The van der Waals surface area contributed by atoms with Crippen molar-refractivity contribution in [1.29, 1.82) is 0 Å². The molecule has 0 saturated carbocycles. The highest BCUT2D eigenvalue weighted by Gasteiger charge is 2.19. The monoisotopic (exact) mass is 230 g/mol. The lowest BCUT2D eigenvalue weighted by Gasteiger charge is -2.19. The minimum Gasteiger partial charge on any atom is -0.368 e. The molecule has 2 heterocycles. The highest BCUT2D eigenvalue weighted by atomic mass is 35.5. The van der Waals surface area contributed by atoms with Crippen LogP contribution in [0.3, 0.4) is 0 Å². The number of thioether (sulfide) groups is 1. The number of nitrogens with zero attached hydrogens (tertiary/aromatic N) is 3. The molecule has 1 atom stereocenters.